The van der Waals surface area contributed by atoms with Crippen LogP contribution in [0.5, 0.6) is 5.75 Å². The molecule has 4 rings (SSSR count). The second-order valence-corrected chi connectivity index (χ2v) is 9.07. The topological polar surface area (TPSA) is 51.5 Å². The predicted octanol–water partition coefficient (Wildman–Crippen LogP) is 4.23. The number of halogens is 1. The quantitative estimate of drug-likeness (QED) is 0.732. The van der Waals surface area contributed by atoms with E-state index < -0.39 is 5.41 Å². The van der Waals surface area contributed by atoms with Gasteiger partial charge in [-0.1, -0.05) is 36.6 Å². The number of benzene rings is 1. The van der Waals surface area contributed by atoms with Gasteiger partial charge in [0.05, 0.1) is 5.41 Å². The highest BCUT2D eigenvalue weighted by Crippen LogP contribution is 2.43. The van der Waals surface area contributed by atoms with Gasteiger partial charge in [0.15, 0.2) is 0 Å². The molecule has 0 spiro atoms. The van der Waals surface area contributed by atoms with Gasteiger partial charge >= 0.3 is 0 Å². The highest BCUT2D eigenvalue weighted by Gasteiger charge is 2.45. The third kappa shape index (κ3) is 4.00. The van der Waals surface area contributed by atoms with Crippen molar-refractivity contribution in [2.45, 2.75) is 57.0 Å². The first-order valence-corrected chi connectivity index (χ1v) is 11.2. The van der Waals surface area contributed by atoms with E-state index in [1.807, 2.05) is 42.2 Å². The summed E-state index contributed by atoms with van der Waals surface area (Å²) in [5.74, 6) is 0.860. The number of hydrogen-bond donors (Lipinski definition) is 0. The predicted molar refractivity (Wildman–Crippen MR) is 118 cm³/mol. The fourth-order valence-corrected chi connectivity index (χ4v) is 4.98. The molecule has 2 aliphatic rings. The first-order valence-electron chi connectivity index (χ1n) is 10.8. The maximum Gasteiger partial charge on any atom is 0.254 e. The van der Waals surface area contributed by atoms with E-state index in [9.17, 15) is 9.59 Å². The molecule has 2 fully saturated rings. The van der Waals surface area contributed by atoms with E-state index in [0.29, 0.717) is 23.9 Å². The molecule has 1 aliphatic carbocycles. The van der Waals surface area contributed by atoms with Gasteiger partial charge in [-0.05, 0) is 43.5 Å². The summed E-state index contributed by atoms with van der Waals surface area (Å²) in [7, 11) is 1.76. The van der Waals surface area contributed by atoms with Crippen molar-refractivity contribution >= 4 is 17.5 Å². The van der Waals surface area contributed by atoms with E-state index in [1.54, 1.807) is 17.7 Å². The lowest BCUT2D eigenvalue weighted by Gasteiger charge is -2.38. The van der Waals surface area contributed by atoms with Gasteiger partial charge in [-0.15, -0.1) is 0 Å². The van der Waals surface area contributed by atoms with Gasteiger partial charge < -0.3 is 14.2 Å². The molecule has 0 atom stereocenters. The lowest BCUT2D eigenvalue weighted by molar-refractivity contribution is -0.139. The van der Waals surface area contributed by atoms with Crippen LogP contribution in [0.15, 0.2) is 41.2 Å². The van der Waals surface area contributed by atoms with Crippen LogP contribution in [0.25, 0.3) is 0 Å². The molecule has 1 aromatic heterocycles. The van der Waals surface area contributed by atoms with Crippen LogP contribution in [-0.2, 0) is 17.3 Å². The van der Waals surface area contributed by atoms with E-state index in [4.69, 9.17) is 16.3 Å². The molecule has 6 heteroatoms. The first-order chi connectivity index (χ1) is 14.4. The third-order valence-corrected chi connectivity index (χ3v) is 7.02. The molecule has 2 aromatic rings. The van der Waals surface area contributed by atoms with E-state index in [1.165, 1.54) is 0 Å². The van der Waals surface area contributed by atoms with Gasteiger partial charge in [0, 0.05) is 49.8 Å². The number of aryl methyl sites for hydroxylation is 1. The molecule has 160 valence electrons. The minimum atomic E-state index is -0.416. The molecular formula is C24H29ClN2O3. The summed E-state index contributed by atoms with van der Waals surface area (Å²) < 4.78 is 7.69. The average molecular weight is 429 g/mol. The third-order valence-electron chi connectivity index (χ3n) is 6.77. The van der Waals surface area contributed by atoms with Crippen LogP contribution in [-0.4, -0.2) is 34.6 Å². The fourth-order valence-electron chi connectivity index (χ4n) is 4.85. The van der Waals surface area contributed by atoms with Gasteiger partial charge in [-0.2, -0.15) is 0 Å². The van der Waals surface area contributed by atoms with Crippen LogP contribution in [0, 0.1) is 6.92 Å². The number of rotatable bonds is 4. The van der Waals surface area contributed by atoms with Gasteiger partial charge in [-0.25, -0.2) is 0 Å². The molecule has 0 N–H and O–H groups in total. The van der Waals surface area contributed by atoms with Crippen molar-refractivity contribution in [2.75, 3.05) is 13.1 Å². The fraction of sp³-hybridized carbons (Fsp3) is 0.500. The Morgan fingerprint density at radius 2 is 1.73 bits per heavy atom. The zero-order valence-electron chi connectivity index (χ0n) is 17.7. The van der Waals surface area contributed by atoms with Crippen molar-refractivity contribution in [1.29, 1.82) is 0 Å². The summed E-state index contributed by atoms with van der Waals surface area (Å²) in [6.07, 6.45) is 5.53. The van der Waals surface area contributed by atoms with Crippen LogP contribution in [0.4, 0.5) is 0 Å². The van der Waals surface area contributed by atoms with Crippen molar-refractivity contribution in [1.82, 2.24) is 9.47 Å². The number of amides is 1. The summed E-state index contributed by atoms with van der Waals surface area (Å²) in [5.41, 5.74) is 1.48. The Kier molecular flexibility index (Phi) is 5.92. The molecule has 1 aromatic carbocycles. The summed E-state index contributed by atoms with van der Waals surface area (Å²) in [6.45, 7) is 3.26. The number of hydrogen-bond acceptors (Lipinski definition) is 3. The van der Waals surface area contributed by atoms with Crippen LogP contribution in [0.1, 0.15) is 49.8 Å². The van der Waals surface area contributed by atoms with Gasteiger partial charge in [-0.3, -0.25) is 9.59 Å². The zero-order chi connectivity index (χ0) is 21.3. The number of ether oxygens (including phenoxy) is 1. The molecule has 0 bridgehead atoms. The normalized spacial score (nSPS) is 19.1. The van der Waals surface area contributed by atoms with Crippen molar-refractivity contribution in [3.8, 4) is 5.75 Å². The monoisotopic (exact) mass is 428 g/mol. The largest absolute Gasteiger partial charge is 0.490 e. The Morgan fingerprint density at radius 1 is 1.10 bits per heavy atom. The highest BCUT2D eigenvalue weighted by molar-refractivity contribution is 6.30. The molecule has 1 aliphatic heterocycles. The van der Waals surface area contributed by atoms with E-state index in [2.05, 4.69) is 0 Å². The molecule has 1 saturated heterocycles. The van der Waals surface area contributed by atoms with Crippen molar-refractivity contribution in [3.05, 3.63) is 63.0 Å². The number of carbonyl (C=O) groups excluding carboxylic acids is 1. The van der Waals surface area contributed by atoms with Crippen LogP contribution in [0.3, 0.4) is 0 Å². The second kappa shape index (κ2) is 8.46. The second-order valence-electron chi connectivity index (χ2n) is 8.64. The minimum Gasteiger partial charge on any atom is -0.490 e. The standard InChI is InChI=1S/C24H29ClN2O3/c1-17-15-21(16-22(28)26(17)2)30-20-9-13-27(14-10-20)23(29)24(11-3-4-12-24)18-5-7-19(25)8-6-18/h5-8,15-16,20H,3-4,9-14H2,1-2H3. The lowest BCUT2D eigenvalue weighted by Crippen LogP contribution is -2.50. The Balaban J connectivity index is 1.43. The van der Waals surface area contributed by atoms with E-state index >= 15 is 0 Å². The highest BCUT2D eigenvalue weighted by atomic mass is 35.5. The first kappa shape index (κ1) is 21.0. The van der Waals surface area contributed by atoms with Gasteiger partial charge in [0.1, 0.15) is 11.9 Å². The van der Waals surface area contributed by atoms with Gasteiger partial charge in [0.2, 0.25) is 5.91 Å². The van der Waals surface area contributed by atoms with E-state index in [-0.39, 0.29) is 17.6 Å². The van der Waals surface area contributed by atoms with E-state index in [0.717, 1.165) is 49.8 Å². The number of nitrogens with zero attached hydrogens (tertiary/aromatic N) is 2. The number of likely N-dealkylation sites (tertiary alicyclic amines) is 1. The van der Waals surface area contributed by atoms with Crippen LogP contribution in [0.2, 0.25) is 5.02 Å². The van der Waals surface area contributed by atoms with Crippen molar-refractivity contribution in [3.63, 3.8) is 0 Å². The van der Waals surface area contributed by atoms with Gasteiger partial charge in [0.25, 0.3) is 5.56 Å². The summed E-state index contributed by atoms with van der Waals surface area (Å²) in [5, 5.41) is 0.697. The Morgan fingerprint density at radius 3 is 2.33 bits per heavy atom. The number of pyridine rings is 1. The number of carbonyl (C=O) groups is 1. The summed E-state index contributed by atoms with van der Waals surface area (Å²) in [4.78, 5) is 27.6. The maximum atomic E-state index is 13.6. The van der Waals surface area contributed by atoms with Crippen molar-refractivity contribution in [2.24, 2.45) is 7.05 Å². The smallest absolute Gasteiger partial charge is 0.254 e. The molecular weight excluding hydrogens is 400 g/mol. The molecule has 2 heterocycles. The number of aromatic nitrogens is 1. The molecule has 1 amide bonds. The zero-order valence-corrected chi connectivity index (χ0v) is 18.5. The molecule has 30 heavy (non-hydrogen) atoms. The average Bonchev–Trinajstić information content (AvgIpc) is 3.23. The lowest BCUT2D eigenvalue weighted by atomic mass is 9.77. The Labute approximate surface area is 182 Å². The molecule has 0 unspecified atom stereocenters. The van der Waals surface area contributed by atoms with Crippen LogP contribution >= 0.6 is 11.6 Å². The Bertz CT molecular complexity index is 969. The Hall–Kier alpha value is -2.27. The SMILES string of the molecule is Cc1cc(OC2CCN(C(=O)C3(c4ccc(Cl)cc4)CCCC3)CC2)cc(=O)n1C. The minimum absolute atomic E-state index is 0.0237. The van der Waals surface area contributed by atoms with Crippen molar-refractivity contribution < 1.29 is 9.53 Å². The maximum absolute atomic E-state index is 13.6. The summed E-state index contributed by atoms with van der Waals surface area (Å²) >= 11 is 6.07. The van der Waals surface area contributed by atoms with Crippen LogP contribution < -0.4 is 10.3 Å². The molecule has 1 saturated carbocycles. The summed E-state index contributed by atoms with van der Waals surface area (Å²) in [6, 6.07) is 11.2. The molecule has 0 radical (unpaired) electrons. The molecule has 5 nitrogen and oxygen atoms in total. The number of piperidine rings is 1.